The molecule has 0 spiro atoms. The lowest BCUT2D eigenvalue weighted by molar-refractivity contribution is 0.115. The Labute approximate surface area is 136 Å². The van der Waals surface area contributed by atoms with Gasteiger partial charge in [-0.1, -0.05) is 6.07 Å². The summed E-state index contributed by atoms with van der Waals surface area (Å²) in [5.74, 6) is 3.77. The number of fused-ring (bicyclic) bond motifs is 1. The molecule has 0 N–H and O–H groups in total. The van der Waals surface area contributed by atoms with E-state index in [2.05, 4.69) is 28.0 Å². The van der Waals surface area contributed by atoms with Crippen molar-refractivity contribution in [3.05, 3.63) is 47.4 Å². The number of benzene rings is 1. The van der Waals surface area contributed by atoms with Crippen molar-refractivity contribution in [2.75, 3.05) is 33.0 Å². The summed E-state index contributed by atoms with van der Waals surface area (Å²) >= 11 is 0. The van der Waals surface area contributed by atoms with Crippen molar-refractivity contribution in [2.45, 2.75) is 20.0 Å². The molecular weight excluding hydrogens is 292 g/mol. The van der Waals surface area contributed by atoms with Gasteiger partial charge in [0.15, 0.2) is 11.5 Å². The third-order valence-electron chi connectivity index (χ3n) is 4.48. The third-order valence-corrected chi connectivity index (χ3v) is 4.48. The number of nitrogens with zero attached hydrogens (tertiary/aromatic N) is 2. The SMILES string of the molecule is Cc1ccc(CN2CCN(Cc3ccc4c(c3)OCO4)CC2)o1. The minimum Gasteiger partial charge on any atom is -0.465 e. The van der Waals surface area contributed by atoms with Crippen molar-refractivity contribution < 1.29 is 13.9 Å². The predicted octanol–water partition coefficient (Wildman–Crippen LogP) is 2.63. The van der Waals surface area contributed by atoms with Crippen LogP contribution in [0.1, 0.15) is 17.1 Å². The highest BCUT2D eigenvalue weighted by atomic mass is 16.7. The van der Waals surface area contributed by atoms with Gasteiger partial charge in [-0.25, -0.2) is 0 Å². The Morgan fingerprint density at radius 2 is 1.61 bits per heavy atom. The van der Waals surface area contributed by atoms with Gasteiger partial charge in [-0.15, -0.1) is 0 Å². The van der Waals surface area contributed by atoms with Crippen molar-refractivity contribution in [3.63, 3.8) is 0 Å². The number of hydrogen-bond donors (Lipinski definition) is 0. The average Bonchev–Trinajstić information content (AvgIpc) is 3.17. The summed E-state index contributed by atoms with van der Waals surface area (Å²) in [6.45, 7) is 8.50. The van der Waals surface area contributed by atoms with Crippen LogP contribution in [-0.2, 0) is 13.1 Å². The third kappa shape index (κ3) is 3.35. The fourth-order valence-electron chi connectivity index (χ4n) is 3.19. The zero-order valence-corrected chi connectivity index (χ0v) is 13.5. The maximum absolute atomic E-state index is 5.67. The minimum absolute atomic E-state index is 0.337. The molecule has 5 nitrogen and oxygen atoms in total. The van der Waals surface area contributed by atoms with Crippen molar-refractivity contribution >= 4 is 0 Å². The first kappa shape index (κ1) is 14.6. The quantitative estimate of drug-likeness (QED) is 0.867. The van der Waals surface area contributed by atoms with Gasteiger partial charge >= 0.3 is 0 Å². The summed E-state index contributed by atoms with van der Waals surface area (Å²) < 4.78 is 16.5. The molecular formula is C18H22N2O3. The lowest BCUT2D eigenvalue weighted by Crippen LogP contribution is -2.45. The highest BCUT2D eigenvalue weighted by Crippen LogP contribution is 2.32. The summed E-state index contributed by atoms with van der Waals surface area (Å²) in [6, 6.07) is 10.3. The molecule has 2 aliphatic heterocycles. The summed E-state index contributed by atoms with van der Waals surface area (Å²) in [7, 11) is 0. The van der Waals surface area contributed by atoms with Crippen molar-refractivity contribution in [2.24, 2.45) is 0 Å². The zero-order valence-electron chi connectivity index (χ0n) is 13.5. The molecule has 1 fully saturated rings. The molecule has 0 unspecified atom stereocenters. The van der Waals surface area contributed by atoms with Crippen LogP contribution >= 0.6 is 0 Å². The van der Waals surface area contributed by atoms with Crippen molar-refractivity contribution in [1.29, 1.82) is 0 Å². The number of furan rings is 1. The largest absolute Gasteiger partial charge is 0.465 e. The normalized spacial score (nSPS) is 18.5. The Bertz CT molecular complexity index is 675. The van der Waals surface area contributed by atoms with Gasteiger partial charge in [0.25, 0.3) is 0 Å². The van der Waals surface area contributed by atoms with Gasteiger partial charge in [-0.2, -0.15) is 0 Å². The van der Waals surface area contributed by atoms with E-state index in [0.29, 0.717) is 6.79 Å². The number of hydrogen-bond acceptors (Lipinski definition) is 5. The lowest BCUT2D eigenvalue weighted by atomic mass is 10.1. The highest BCUT2D eigenvalue weighted by molar-refractivity contribution is 5.44. The van der Waals surface area contributed by atoms with E-state index in [0.717, 1.165) is 62.3 Å². The van der Waals surface area contributed by atoms with E-state index < -0.39 is 0 Å². The van der Waals surface area contributed by atoms with Crippen molar-refractivity contribution in [3.8, 4) is 11.5 Å². The molecule has 0 amide bonds. The first-order chi connectivity index (χ1) is 11.3. The van der Waals surface area contributed by atoms with Gasteiger partial charge < -0.3 is 13.9 Å². The molecule has 3 heterocycles. The molecule has 0 bridgehead atoms. The van der Waals surface area contributed by atoms with Crippen molar-refractivity contribution in [1.82, 2.24) is 9.80 Å². The Kier molecular flexibility index (Phi) is 3.97. The second kappa shape index (κ2) is 6.26. The van der Waals surface area contributed by atoms with E-state index >= 15 is 0 Å². The van der Waals surface area contributed by atoms with Crippen LogP contribution in [0.5, 0.6) is 11.5 Å². The van der Waals surface area contributed by atoms with E-state index in [1.54, 1.807) is 0 Å². The predicted molar refractivity (Wildman–Crippen MR) is 86.6 cm³/mol. The van der Waals surface area contributed by atoms with Crippen LogP contribution in [0.15, 0.2) is 34.7 Å². The summed E-state index contributed by atoms with van der Waals surface area (Å²) in [5, 5.41) is 0. The van der Waals surface area contributed by atoms with Gasteiger partial charge in [-0.05, 0) is 36.8 Å². The molecule has 23 heavy (non-hydrogen) atoms. The van der Waals surface area contributed by atoms with Gasteiger partial charge in [0, 0.05) is 32.7 Å². The van der Waals surface area contributed by atoms with E-state index in [1.165, 1.54) is 5.56 Å². The zero-order chi connectivity index (χ0) is 15.6. The number of ether oxygens (including phenoxy) is 2. The molecule has 0 atom stereocenters. The van der Waals surface area contributed by atoms with Gasteiger partial charge in [0.05, 0.1) is 6.54 Å². The van der Waals surface area contributed by atoms with Crippen LogP contribution in [0, 0.1) is 6.92 Å². The van der Waals surface area contributed by atoms with Crippen LogP contribution in [0.4, 0.5) is 0 Å². The van der Waals surface area contributed by atoms with Gasteiger partial charge in [-0.3, -0.25) is 9.80 Å². The molecule has 0 saturated carbocycles. The number of aryl methyl sites for hydroxylation is 1. The standard InChI is InChI=1S/C18H22N2O3/c1-14-2-4-16(23-14)12-20-8-6-19(7-9-20)11-15-3-5-17-18(10-15)22-13-21-17/h2-5,10H,6-9,11-13H2,1H3. The van der Waals surface area contributed by atoms with Crippen LogP contribution in [0.25, 0.3) is 0 Å². The second-order valence-corrected chi connectivity index (χ2v) is 6.25. The van der Waals surface area contributed by atoms with E-state index in [1.807, 2.05) is 19.1 Å². The van der Waals surface area contributed by atoms with E-state index in [9.17, 15) is 0 Å². The Hall–Kier alpha value is -1.98. The lowest BCUT2D eigenvalue weighted by Gasteiger charge is -2.34. The van der Waals surface area contributed by atoms with Crippen LogP contribution in [0.3, 0.4) is 0 Å². The molecule has 1 aromatic carbocycles. The van der Waals surface area contributed by atoms with E-state index in [-0.39, 0.29) is 0 Å². The average molecular weight is 314 g/mol. The number of rotatable bonds is 4. The fraction of sp³-hybridized carbons (Fsp3) is 0.444. The highest BCUT2D eigenvalue weighted by Gasteiger charge is 2.19. The monoisotopic (exact) mass is 314 g/mol. The summed E-state index contributed by atoms with van der Waals surface area (Å²) in [5.41, 5.74) is 1.28. The molecule has 0 aliphatic carbocycles. The molecule has 0 radical (unpaired) electrons. The Balaban J connectivity index is 1.29. The molecule has 4 rings (SSSR count). The summed E-state index contributed by atoms with van der Waals surface area (Å²) in [4.78, 5) is 4.94. The van der Waals surface area contributed by atoms with Crippen LogP contribution in [-0.4, -0.2) is 42.8 Å². The Morgan fingerprint density at radius 1 is 0.870 bits per heavy atom. The first-order valence-corrected chi connectivity index (χ1v) is 8.15. The molecule has 2 aromatic rings. The first-order valence-electron chi connectivity index (χ1n) is 8.15. The van der Waals surface area contributed by atoms with Crippen LogP contribution < -0.4 is 9.47 Å². The van der Waals surface area contributed by atoms with Crippen LogP contribution in [0.2, 0.25) is 0 Å². The molecule has 5 heteroatoms. The Morgan fingerprint density at radius 3 is 2.35 bits per heavy atom. The maximum atomic E-state index is 5.67. The molecule has 1 saturated heterocycles. The smallest absolute Gasteiger partial charge is 0.231 e. The summed E-state index contributed by atoms with van der Waals surface area (Å²) in [6.07, 6.45) is 0. The minimum atomic E-state index is 0.337. The number of piperazine rings is 1. The second-order valence-electron chi connectivity index (χ2n) is 6.25. The molecule has 122 valence electrons. The fourth-order valence-corrected chi connectivity index (χ4v) is 3.19. The molecule has 1 aromatic heterocycles. The van der Waals surface area contributed by atoms with Gasteiger partial charge in [0.2, 0.25) is 6.79 Å². The maximum Gasteiger partial charge on any atom is 0.231 e. The van der Waals surface area contributed by atoms with E-state index in [4.69, 9.17) is 13.9 Å². The van der Waals surface area contributed by atoms with Gasteiger partial charge in [0.1, 0.15) is 11.5 Å². The topological polar surface area (TPSA) is 38.1 Å². The molecule has 2 aliphatic rings.